The number of nitro groups is 1. The quantitative estimate of drug-likeness (QED) is 0.416. The van der Waals surface area contributed by atoms with Crippen molar-refractivity contribution in [2.45, 2.75) is 5.75 Å². The largest absolute Gasteiger partial charge is 0.378 e. The summed E-state index contributed by atoms with van der Waals surface area (Å²) >= 11 is 1.73. The fraction of sp³-hybridized carbons (Fsp3) is 0.350. The second-order valence-corrected chi connectivity index (χ2v) is 7.46. The van der Waals surface area contributed by atoms with Crippen LogP contribution in [0.3, 0.4) is 0 Å². The number of carbonyl (C=O) groups excluding carboxylic acids is 1. The fourth-order valence-electron chi connectivity index (χ4n) is 3.00. The Hall–Kier alpha value is -2.58. The summed E-state index contributed by atoms with van der Waals surface area (Å²) in [5, 5.41) is 14.0. The molecule has 0 aliphatic carbocycles. The monoisotopic (exact) mass is 401 g/mol. The number of morpholine rings is 1. The van der Waals surface area contributed by atoms with Crippen LogP contribution in [0.15, 0.2) is 48.5 Å². The average Bonchev–Trinajstić information content (AvgIpc) is 2.74. The number of hydrogen-bond acceptors (Lipinski definition) is 6. The number of thioether (sulfide) groups is 1. The molecule has 2 aromatic carbocycles. The first-order valence-electron chi connectivity index (χ1n) is 9.16. The molecule has 1 saturated heterocycles. The minimum atomic E-state index is -0.477. The topological polar surface area (TPSA) is 84.7 Å². The Labute approximate surface area is 168 Å². The van der Waals surface area contributed by atoms with Crippen LogP contribution in [-0.2, 0) is 10.5 Å². The molecule has 1 aliphatic rings. The van der Waals surface area contributed by atoms with Crippen LogP contribution in [0.4, 0.5) is 11.4 Å². The van der Waals surface area contributed by atoms with Gasteiger partial charge >= 0.3 is 0 Å². The lowest BCUT2D eigenvalue weighted by atomic mass is 10.1. The predicted octanol–water partition coefficient (Wildman–Crippen LogP) is 3.09. The van der Waals surface area contributed by atoms with E-state index in [2.05, 4.69) is 17.4 Å². The molecule has 1 amide bonds. The number of rotatable bonds is 8. The first-order valence-corrected chi connectivity index (χ1v) is 10.3. The van der Waals surface area contributed by atoms with E-state index in [0.717, 1.165) is 11.5 Å². The highest BCUT2D eigenvalue weighted by Gasteiger charge is 2.21. The lowest BCUT2D eigenvalue weighted by molar-refractivity contribution is -0.384. The fourth-order valence-corrected chi connectivity index (χ4v) is 3.81. The number of amides is 1. The van der Waals surface area contributed by atoms with Crippen LogP contribution >= 0.6 is 11.8 Å². The van der Waals surface area contributed by atoms with E-state index in [1.165, 1.54) is 17.7 Å². The molecule has 7 nitrogen and oxygen atoms in total. The van der Waals surface area contributed by atoms with Crippen molar-refractivity contribution in [2.75, 3.05) is 43.5 Å². The van der Waals surface area contributed by atoms with Gasteiger partial charge < -0.3 is 15.0 Å². The molecule has 0 bridgehead atoms. The molecule has 2 aromatic rings. The van der Waals surface area contributed by atoms with Crippen molar-refractivity contribution in [3.8, 4) is 0 Å². The Balaban J connectivity index is 1.60. The van der Waals surface area contributed by atoms with Crippen LogP contribution in [0.1, 0.15) is 15.9 Å². The summed E-state index contributed by atoms with van der Waals surface area (Å²) < 4.78 is 5.36. The van der Waals surface area contributed by atoms with Gasteiger partial charge in [0.25, 0.3) is 11.6 Å². The van der Waals surface area contributed by atoms with Crippen molar-refractivity contribution in [2.24, 2.45) is 0 Å². The van der Waals surface area contributed by atoms with E-state index in [9.17, 15) is 14.9 Å². The average molecular weight is 401 g/mol. The molecule has 0 radical (unpaired) electrons. The second kappa shape index (κ2) is 10.1. The Morgan fingerprint density at radius 2 is 1.93 bits per heavy atom. The Kier molecular flexibility index (Phi) is 7.27. The molecular formula is C20H23N3O4S. The summed E-state index contributed by atoms with van der Waals surface area (Å²) in [5.41, 5.74) is 2.21. The van der Waals surface area contributed by atoms with Crippen molar-refractivity contribution in [3.63, 3.8) is 0 Å². The summed E-state index contributed by atoms with van der Waals surface area (Å²) in [4.78, 5) is 25.4. The van der Waals surface area contributed by atoms with E-state index < -0.39 is 4.92 Å². The maximum absolute atomic E-state index is 12.7. The molecule has 8 heteroatoms. The molecule has 1 aliphatic heterocycles. The zero-order chi connectivity index (χ0) is 19.8. The highest BCUT2D eigenvalue weighted by molar-refractivity contribution is 7.98. The van der Waals surface area contributed by atoms with E-state index in [-0.39, 0.29) is 11.6 Å². The van der Waals surface area contributed by atoms with Gasteiger partial charge in [-0.3, -0.25) is 14.9 Å². The number of carbonyl (C=O) groups is 1. The van der Waals surface area contributed by atoms with Crippen molar-refractivity contribution in [1.29, 1.82) is 0 Å². The number of nitrogens with zero attached hydrogens (tertiary/aromatic N) is 2. The maximum Gasteiger partial charge on any atom is 0.270 e. The van der Waals surface area contributed by atoms with Crippen molar-refractivity contribution in [1.82, 2.24) is 5.32 Å². The first-order chi connectivity index (χ1) is 13.6. The van der Waals surface area contributed by atoms with Gasteiger partial charge in [0.15, 0.2) is 0 Å². The number of ether oxygens (including phenoxy) is 1. The van der Waals surface area contributed by atoms with Crippen LogP contribution in [0.5, 0.6) is 0 Å². The molecule has 0 saturated carbocycles. The predicted molar refractivity (Wildman–Crippen MR) is 111 cm³/mol. The van der Waals surface area contributed by atoms with Gasteiger partial charge in [0, 0.05) is 43.3 Å². The molecule has 0 spiro atoms. The van der Waals surface area contributed by atoms with Crippen molar-refractivity contribution >= 4 is 29.0 Å². The molecule has 1 heterocycles. The van der Waals surface area contributed by atoms with Crippen LogP contribution in [0.2, 0.25) is 0 Å². The van der Waals surface area contributed by atoms with Gasteiger partial charge in [0.1, 0.15) is 0 Å². The summed E-state index contributed by atoms with van der Waals surface area (Å²) in [6.45, 7) is 2.97. The Bertz CT molecular complexity index is 810. The van der Waals surface area contributed by atoms with E-state index in [0.29, 0.717) is 44.1 Å². The zero-order valence-electron chi connectivity index (χ0n) is 15.5. The number of hydrogen-bond donors (Lipinski definition) is 1. The summed E-state index contributed by atoms with van der Waals surface area (Å²) in [7, 11) is 0. The SMILES string of the molecule is O=C(NCCSCc1ccccc1)c1cc([N+](=O)[O-])ccc1N1CCOCC1. The number of anilines is 1. The van der Waals surface area contributed by atoms with Gasteiger partial charge in [0.2, 0.25) is 0 Å². The van der Waals surface area contributed by atoms with E-state index in [4.69, 9.17) is 4.74 Å². The third kappa shape index (κ3) is 5.46. The summed E-state index contributed by atoms with van der Waals surface area (Å²) in [6.07, 6.45) is 0. The molecule has 28 heavy (non-hydrogen) atoms. The minimum Gasteiger partial charge on any atom is -0.378 e. The van der Waals surface area contributed by atoms with Gasteiger partial charge in [-0.15, -0.1) is 0 Å². The standard InChI is InChI=1S/C20H23N3O4S/c24-20(21-8-13-28-15-16-4-2-1-3-5-16)18-14-17(23(25)26)6-7-19(18)22-9-11-27-12-10-22/h1-7,14H,8-13,15H2,(H,21,24). The zero-order valence-corrected chi connectivity index (χ0v) is 16.3. The van der Waals surface area contributed by atoms with Gasteiger partial charge in [-0.05, 0) is 11.6 Å². The summed E-state index contributed by atoms with van der Waals surface area (Å²) in [6, 6.07) is 14.6. The Morgan fingerprint density at radius 1 is 1.18 bits per heavy atom. The van der Waals surface area contributed by atoms with E-state index in [1.54, 1.807) is 17.8 Å². The lowest BCUT2D eigenvalue weighted by Crippen LogP contribution is -2.38. The summed E-state index contributed by atoms with van der Waals surface area (Å²) in [5.74, 6) is 1.36. The number of nitrogens with one attached hydrogen (secondary N) is 1. The van der Waals surface area contributed by atoms with Crippen molar-refractivity contribution < 1.29 is 14.5 Å². The molecule has 148 valence electrons. The number of nitro benzene ring substituents is 1. The normalized spacial score (nSPS) is 13.9. The van der Waals surface area contributed by atoms with Crippen LogP contribution in [0, 0.1) is 10.1 Å². The van der Waals surface area contributed by atoms with Gasteiger partial charge in [0.05, 0.1) is 29.4 Å². The second-order valence-electron chi connectivity index (χ2n) is 6.35. The van der Waals surface area contributed by atoms with Crippen LogP contribution in [-0.4, -0.2) is 49.4 Å². The maximum atomic E-state index is 12.7. The molecule has 1 fully saturated rings. The first kappa shape index (κ1) is 20.2. The van der Waals surface area contributed by atoms with E-state index in [1.807, 2.05) is 23.1 Å². The molecule has 3 rings (SSSR count). The number of benzene rings is 2. The minimum absolute atomic E-state index is 0.0828. The molecule has 0 unspecified atom stereocenters. The van der Waals surface area contributed by atoms with Crippen LogP contribution < -0.4 is 10.2 Å². The molecule has 0 aromatic heterocycles. The molecule has 1 N–H and O–H groups in total. The number of non-ortho nitro benzene ring substituents is 1. The van der Waals surface area contributed by atoms with Crippen molar-refractivity contribution in [3.05, 3.63) is 69.8 Å². The smallest absolute Gasteiger partial charge is 0.270 e. The van der Waals surface area contributed by atoms with Gasteiger partial charge in [-0.2, -0.15) is 11.8 Å². The highest BCUT2D eigenvalue weighted by atomic mass is 32.2. The Morgan fingerprint density at radius 3 is 2.64 bits per heavy atom. The van der Waals surface area contributed by atoms with Gasteiger partial charge in [-0.25, -0.2) is 0 Å². The highest BCUT2D eigenvalue weighted by Crippen LogP contribution is 2.26. The lowest BCUT2D eigenvalue weighted by Gasteiger charge is -2.30. The molecular weight excluding hydrogens is 378 g/mol. The van der Waals surface area contributed by atoms with Gasteiger partial charge in [-0.1, -0.05) is 30.3 Å². The molecule has 0 atom stereocenters. The van der Waals surface area contributed by atoms with Crippen LogP contribution in [0.25, 0.3) is 0 Å². The van der Waals surface area contributed by atoms with E-state index >= 15 is 0 Å². The third-order valence-corrected chi connectivity index (χ3v) is 5.46. The third-order valence-electron chi connectivity index (χ3n) is 4.43.